The molecule has 0 bridgehead atoms. The maximum Gasteiger partial charge on any atom is 0.0212 e. The Balaban J connectivity index is 2.75. The minimum Gasteiger partial charge on any atom is -0.0984 e. The van der Waals surface area contributed by atoms with Gasteiger partial charge in [0.25, 0.3) is 0 Å². The lowest BCUT2D eigenvalue weighted by atomic mass is 9.71. The molecule has 2 rings (SSSR count). The average molecular weight is 252 g/mol. The van der Waals surface area contributed by atoms with E-state index in [0.717, 1.165) is 6.42 Å². The van der Waals surface area contributed by atoms with Gasteiger partial charge in [0.2, 0.25) is 0 Å². The molecule has 0 nitrogen and oxygen atoms in total. The first-order valence-corrected chi connectivity index (χ1v) is 7.34. The van der Waals surface area contributed by atoms with Crippen LogP contribution in [-0.4, -0.2) is 0 Å². The van der Waals surface area contributed by atoms with Crippen molar-refractivity contribution in [2.75, 3.05) is 0 Å². The molecule has 0 heteroatoms. The van der Waals surface area contributed by atoms with Crippen LogP contribution in [0.25, 0.3) is 5.57 Å². The van der Waals surface area contributed by atoms with Gasteiger partial charge in [0, 0.05) is 5.41 Å². The summed E-state index contributed by atoms with van der Waals surface area (Å²) in [5.74, 6) is 0. The predicted molar refractivity (Wildman–Crippen MR) is 85.3 cm³/mol. The SMILES string of the molecule is C=CC1=C(/C=C\C)C(CC)(CCC)c2ccccc21. The summed E-state index contributed by atoms with van der Waals surface area (Å²) >= 11 is 0. The van der Waals surface area contributed by atoms with E-state index in [2.05, 4.69) is 63.8 Å². The second-order valence-electron chi connectivity index (χ2n) is 5.26. The third-order valence-electron chi connectivity index (χ3n) is 4.36. The summed E-state index contributed by atoms with van der Waals surface area (Å²) in [6, 6.07) is 8.84. The Hall–Kier alpha value is -1.56. The van der Waals surface area contributed by atoms with Crippen molar-refractivity contribution in [2.45, 2.75) is 45.4 Å². The van der Waals surface area contributed by atoms with Gasteiger partial charge < -0.3 is 0 Å². The summed E-state index contributed by atoms with van der Waals surface area (Å²) < 4.78 is 0. The second-order valence-corrected chi connectivity index (χ2v) is 5.26. The zero-order valence-electron chi connectivity index (χ0n) is 12.4. The topological polar surface area (TPSA) is 0 Å². The summed E-state index contributed by atoms with van der Waals surface area (Å²) in [6.45, 7) is 10.7. The van der Waals surface area contributed by atoms with Crippen molar-refractivity contribution < 1.29 is 0 Å². The minimum atomic E-state index is 0.182. The fourth-order valence-corrected chi connectivity index (χ4v) is 3.57. The van der Waals surface area contributed by atoms with E-state index >= 15 is 0 Å². The van der Waals surface area contributed by atoms with Crippen LogP contribution in [-0.2, 0) is 5.41 Å². The van der Waals surface area contributed by atoms with Crippen molar-refractivity contribution in [1.82, 2.24) is 0 Å². The monoisotopic (exact) mass is 252 g/mol. The number of rotatable bonds is 5. The van der Waals surface area contributed by atoms with Crippen LogP contribution >= 0.6 is 0 Å². The molecule has 100 valence electrons. The second kappa shape index (κ2) is 5.61. The summed E-state index contributed by atoms with van der Waals surface area (Å²) in [5, 5.41) is 0. The van der Waals surface area contributed by atoms with Gasteiger partial charge in [-0.05, 0) is 42.0 Å². The molecule has 1 aromatic carbocycles. The number of hydrogen-bond acceptors (Lipinski definition) is 0. The van der Waals surface area contributed by atoms with Crippen LogP contribution in [0, 0.1) is 0 Å². The molecule has 0 aromatic heterocycles. The summed E-state index contributed by atoms with van der Waals surface area (Å²) in [4.78, 5) is 0. The average Bonchev–Trinajstić information content (AvgIpc) is 2.70. The van der Waals surface area contributed by atoms with Crippen molar-refractivity contribution in [2.24, 2.45) is 0 Å². The zero-order valence-corrected chi connectivity index (χ0v) is 12.4. The van der Waals surface area contributed by atoms with Gasteiger partial charge in [0.05, 0.1) is 0 Å². The molecule has 1 aliphatic carbocycles. The highest BCUT2D eigenvalue weighted by atomic mass is 14.4. The lowest BCUT2D eigenvalue weighted by molar-refractivity contribution is 0.457. The van der Waals surface area contributed by atoms with Gasteiger partial charge in [0.1, 0.15) is 0 Å². The molecule has 0 saturated heterocycles. The number of benzene rings is 1. The van der Waals surface area contributed by atoms with Gasteiger partial charge in [-0.3, -0.25) is 0 Å². The van der Waals surface area contributed by atoms with Crippen LogP contribution in [0.3, 0.4) is 0 Å². The lowest BCUT2D eigenvalue weighted by Crippen LogP contribution is -2.24. The maximum absolute atomic E-state index is 4.04. The fraction of sp³-hybridized carbons (Fsp3) is 0.368. The predicted octanol–water partition coefficient (Wildman–Crippen LogP) is 5.66. The zero-order chi connectivity index (χ0) is 13.9. The Morgan fingerprint density at radius 3 is 2.53 bits per heavy atom. The first-order valence-electron chi connectivity index (χ1n) is 7.34. The molecule has 1 aromatic rings. The van der Waals surface area contributed by atoms with Crippen LogP contribution in [0.15, 0.2) is 54.6 Å². The van der Waals surface area contributed by atoms with Crippen molar-refractivity contribution >= 4 is 5.57 Å². The highest BCUT2D eigenvalue weighted by molar-refractivity contribution is 5.87. The largest absolute Gasteiger partial charge is 0.0984 e. The lowest BCUT2D eigenvalue weighted by Gasteiger charge is -2.32. The molecular weight excluding hydrogens is 228 g/mol. The van der Waals surface area contributed by atoms with Crippen molar-refractivity contribution in [3.05, 3.63) is 65.8 Å². The molecule has 0 heterocycles. The van der Waals surface area contributed by atoms with Crippen molar-refractivity contribution in [3.8, 4) is 0 Å². The Morgan fingerprint density at radius 1 is 1.21 bits per heavy atom. The molecular formula is C19H24. The molecule has 0 spiro atoms. The van der Waals surface area contributed by atoms with E-state index < -0.39 is 0 Å². The maximum atomic E-state index is 4.04. The molecule has 0 saturated carbocycles. The Labute approximate surface area is 117 Å². The normalized spacial score (nSPS) is 22.1. The van der Waals surface area contributed by atoms with E-state index in [1.54, 1.807) is 0 Å². The van der Waals surface area contributed by atoms with Crippen LogP contribution < -0.4 is 0 Å². The molecule has 0 aliphatic heterocycles. The Kier molecular flexibility index (Phi) is 4.09. The van der Waals surface area contributed by atoms with Crippen LogP contribution in [0.5, 0.6) is 0 Å². The molecule has 1 atom stereocenters. The smallest absolute Gasteiger partial charge is 0.0212 e. The van der Waals surface area contributed by atoms with Gasteiger partial charge in [-0.2, -0.15) is 0 Å². The first kappa shape index (κ1) is 13.9. The molecule has 0 fully saturated rings. The van der Waals surface area contributed by atoms with E-state index in [9.17, 15) is 0 Å². The Bertz CT molecular complexity index is 531. The number of hydrogen-bond donors (Lipinski definition) is 0. The van der Waals surface area contributed by atoms with E-state index in [4.69, 9.17) is 0 Å². The quantitative estimate of drug-likeness (QED) is 0.634. The van der Waals surface area contributed by atoms with Gasteiger partial charge >= 0.3 is 0 Å². The van der Waals surface area contributed by atoms with Gasteiger partial charge in [0.15, 0.2) is 0 Å². The number of allylic oxidation sites excluding steroid dienone is 5. The van der Waals surface area contributed by atoms with Crippen LogP contribution in [0.4, 0.5) is 0 Å². The highest BCUT2D eigenvalue weighted by Crippen LogP contribution is 2.51. The third kappa shape index (κ3) is 2.00. The van der Waals surface area contributed by atoms with Gasteiger partial charge in [-0.1, -0.05) is 69.3 Å². The molecule has 1 unspecified atom stereocenters. The van der Waals surface area contributed by atoms with Gasteiger partial charge in [-0.15, -0.1) is 0 Å². The van der Waals surface area contributed by atoms with E-state index in [0.29, 0.717) is 0 Å². The fourth-order valence-electron chi connectivity index (χ4n) is 3.57. The summed E-state index contributed by atoms with van der Waals surface area (Å²) in [6.07, 6.45) is 10.0. The van der Waals surface area contributed by atoms with E-state index in [-0.39, 0.29) is 5.41 Å². The summed E-state index contributed by atoms with van der Waals surface area (Å²) in [5.41, 5.74) is 5.82. The van der Waals surface area contributed by atoms with E-state index in [1.165, 1.54) is 35.1 Å². The van der Waals surface area contributed by atoms with Crippen LogP contribution in [0.1, 0.15) is 51.2 Å². The third-order valence-corrected chi connectivity index (χ3v) is 4.36. The van der Waals surface area contributed by atoms with Crippen molar-refractivity contribution in [3.63, 3.8) is 0 Å². The molecule has 0 amide bonds. The number of fused-ring (bicyclic) bond motifs is 1. The molecule has 19 heavy (non-hydrogen) atoms. The van der Waals surface area contributed by atoms with E-state index in [1.807, 2.05) is 6.08 Å². The van der Waals surface area contributed by atoms with Crippen LogP contribution in [0.2, 0.25) is 0 Å². The molecule has 0 N–H and O–H groups in total. The highest BCUT2D eigenvalue weighted by Gasteiger charge is 2.40. The summed E-state index contributed by atoms with van der Waals surface area (Å²) in [7, 11) is 0. The van der Waals surface area contributed by atoms with Crippen molar-refractivity contribution in [1.29, 1.82) is 0 Å². The molecule has 0 radical (unpaired) electrons. The first-order chi connectivity index (χ1) is 9.25. The standard InChI is InChI=1S/C19H24/c1-5-11-17-15(7-3)16-12-9-10-13-18(16)19(17,8-4)14-6-2/h5,7,9-13H,3,6,8,14H2,1-2,4H3/b11-5-. The Morgan fingerprint density at radius 2 is 1.95 bits per heavy atom. The molecule has 1 aliphatic rings. The minimum absolute atomic E-state index is 0.182. The van der Waals surface area contributed by atoms with Gasteiger partial charge in [-0.25, -0.2) is 0 Å².